The number of morpholine rings is 1. The van der Waals surface area contributed by atoms with Gasteiger partial charge >= 0.3 is 0 Å². The van der Waals surface area contributed by atoms with Gasteiger partial charge in [0.1, 0.15) is 10.6 Å². The summed E-state index contributed by atoms with van der Waals surface area (Å²) in [6.45, 7) is 12.9. The minimum absolute atomic E-state index is 0.245. The van der Waals surface area contributed by atoms with E-state index >= 15 is 0 Å². The molecule has 0 saturated carbocycles. The molecule has 0 spiro atoms. The van der Waals surface area contributed by atoms with Gasteiger partial charge in [0.25, 0.3) is 0 Å². The van der Waals surface area contributed by atoms with Crippen LogP contribution < -0.4 is 9.46 Å². The maximum atomic E-state index is 13.0. The number of sulfonamides is 1. The van der Waals surface area contributed by atoms with Crippen molar-refractivity contribution in [3.05, 3.63) is 23.3 Å². The van der Waals surface area contributed by atoms with E-state index in [-0.39, 0.29) is 10.8 Å². The topological polar surface area (TPSA) is 67.9 Å². The van der Waals surface area contributed by atoms with Crippen LogP contribution in [0.1, 0.15) is 50.7 Å². The molecule has 0 amide bonds. The lowest BCUT2D eigenvalue weighted by Crippen LogP contribution is -2.41. The summed E-state index contributed by atoms with van der Waals surface area (Å²) >= 11 is 0. The third-order valence-corrected chi connectivity index (χ3v) is 6.31. The Morgan fingerprint density at radius 1 is 1.26 bits per heavy atom. The molecule has 1 saturated heterocycles. The number of benzene rings is 1. The average Bonchev–Trinajstić information content (AvgIpc) is 2.62. The second-order valence-electron chi connectivity index (χ2n) is 7.36. The molecule has 6 nitrogen and oxygen atoms in total. The van der Waals surface area contributed by atoms with Gasteiger partial charge < -0.3 is 9.47 Å². The first-order valence-corrected chi connectivity index (χ1v) is 11.4. The van der Waals surface area contributed by atoms with Crippen molar-refractivity contribution in [3.8, 4) is 5.75 Å². The van der Waals surface area contributed by atoms with Crippen LogP contribution in [0.25, 0.3) is 0 Å². The minimum Gasteiger partial charge on any atom is -0.492 e. The lowest BCUT2D eigenvalue weighted by molar-refractivity contribution is 0.0390. The highest BCUT2D eigenvalue weighted by atomic mass is 32.2. The summed E-state index contributed by atoms with van der Waals surface area (Å²) in [6, 6.07) is 3.64. The van der Waals surface area contributed by atoms with Crippen LogP contribution in [-0.4, -0.2) is 59.3 Å². The van der Waals surface area contributed by atoms with Crippen molar-refractivity contribution < 1.29 is 17.9 Å². The quantitative estimate of drug-likeness (QED) is 0.614. The van der Waals surface area contributed by atoms with Crippen LogP contribution >= 0.6 is 0 Å². The molecule has 0 unspecified atom stereocenters. The van der Waals surface area contributed by atoms with Crippen molar-refractivity contribution in [1.82, 2.24) is 9.62 Å². The van der Waals surface area contributed by atoms with Crippen molar-refractivity contribution in [1.29, 1.82) is 0 Å². The van der Waals surface area contributed by atoms with Crippen molar-refractivity contribution in [2.75, 3.05) is 46.0 Å². The van der Waals surface area contributed by atoms with Crippen LogP contribution in [0.4, 0.5) is 0 Å². The van der Waals surface area contributed by atoms with Crippen molar-refractivity contribution in [2.45, 2.75) is 51.3 Å². The molecule has 0 radical (unpaired) electrons. The molecule has 1 aromatic carbocycles. The van der Waals surface area contributed by atoms with Gasteiger partial charge in [-0.1, -0.05) is 27.2 Å². The molecule has 1 N–H and O–H groups in total. The lowest BCUT2D eigenvalue weighted by Gasteiger charge is -2.26. The van der Waals surface area contributed by atoms with Crippen molar-refractivity contribution >= 4 is 10.0 Å². The standard InChI is InChI=1S/C20H34N2O4S/c1-5-6-11-26-19-14-17(4)18(16(2)3)15-20(19)27(23,24)21-7-8-22-9-12-25-13-10-22/h14-16,21H,5-13H2,1-4H3. The Hall–Kier alpha value is -1.15. The molecule has 1 fully saturated rings. The van der Waals surface area contributed by atoms with Gasteiger partial charge in [-0.05, 0) is 42.5 Å². The zero-order valence-electron chi connectivity index (χ0n) is 17.1. The fraction of sp³-hybridized carbons (Fsp3) is 0.700. The van der Waals surface area contributed by atoms with Crippen LogP contribution in [0.2, 0.25) is 0 Å². The van der Waals surface area contributed by atoms with Gasteiger partial charge in [0, 0.05) is 26.2 Å². The SMILES string of the molecule is CCCCOc1cc(C)c(C(C)C)cc1S(=O)(=O)NCCN1CCOCC1. The molecule has 0 aliphatic carbocycles. The van der Waals surface area contributed by atoms with E-state index in [9.17, 15) is 8.42 Å². The van der Waals surface area contributed by atoms with Crippen LogP contribution in [0.3, 0.4) is 0 Å². The second-order valence-corrected chi connectivity index (χ2v) is 9.10. The molecule has 1 aromatic rings. The fourth-order valence-corrected chi connectivity index (χ4v) is 4.37. The van der Waals surface area contributed by atoms with E-state index in [1.165, 1.54) is 0 Å². The average molecular weight is 399 g/mol. The fourth-order valence-electron chi connectivity index (χ4n) is 3.19. The Bertz CT molecular complexity index is 698. The maximum Gasteiger partial charge on any atom is 0.244 e. The highest BCUT2D eigenvalue weighted by Crippen LogP contribution is 2.31. The Kier molecular flexibility index (Phi) is 8.54. The van der Waals surface area contributed by atoms with Gasteiger partial charge in [-0.15, -0.1) is 0 Å². The smallest absolute Gasteiger partial charge is 0.244 e. The highest BCUT2D eigenvalue weighted by molar-refractivity contribution is 7.89. The highest BCUT2D eigenvalue weighted by Gasteiger charge is 2.23. The molecular weight excluding hydrogens is 364 g/mol. The Labute approximate surface area is 164 Å². The number of ether oxygens (including phenoxy) is 2. The predicted octanol–water partition coefficient (Wildman–Crippen LogP) is 2.91. The number of hydrogen-bond donors (Lipinski definition) is 1. The van der Waals surface area contributed by atoms with E-state index in [1.54, 1.807) is 6.07 Å². The maximum absolute atomic E-state index is 13.0. The molecule has 0 aromatic heterocycles. The van der Waals surface area contributed by atoms with E-state index < -0.39 is 10.0 Å². The Morgan fingerprint density at radius 3 is 2.59 bits per heavy atom. The van der Waals surface area contributed by atoms with Crippen LogP contribution in [0.5, 0.6) is 5.75 Å². The van der Waals surface area contributed by atoms with Gasteiger partial charge in [-0.2, -0.15) is 0 Å². The monoisotopic (exact) mass is 398 g/mol. The summed E-state index contributed by atoms with van der Waals surface area (Å²) in [5, 5.41) is 0. The first kappa shape index (κ1) is 22.1. The van der Waals surface area contributed by atoms with E-state index in [4.69, 9.17) is 9.47 Å². The van der Waals surface area contributed by atoms with Crippen LogP contribution in [0.15, 0.2) is 17.0 Å². The molecular formula is C20H34N2O4S. The molecule has 27 heavy (non-hydrogen) atoms. The molecule has 0 atom stereocenters. The molecule has 7 heteroatoms. The first-order valence-electron chi connectivity index (χ1n) is 9.92. The number of rotatable bonds is 10. The van der Waals surface area contributed by atoms with E-state index in [0.717, 1.165) is 37.1 Å². The summed E-state index contributed by atoms with van der Waals surface area (Å²) in [4.78, 5) is 2.45. The van der Waals surface area contributed by atoms with Gasteiger partial charge in [-0.25, -0.2) is 13.1 Å². The van der Waals surface area contributed by atoms with E-state index in [0.29, 0.717) is 38.7 Å². The number of nitrogens with one attached hydrogen (secondary N) is 1. The van der Waals surface area contributed by atoms with Gasteiger partial charge in [-0.3, -0.25) is 4.90 Å². The number of hydrogen-bond acceptors (Lipinski definition) is 5. The summed E-state index contributed by atoms with van der Waals surface area (Å²) in [7, 11) is -3.63. The second kappa shape index (κ2) is 10.4. The lowest BCUT2D eigenvalue weighted by atomic mass is 9.98. The summed E-state index contributed by atoms with van der Waals surface area (Å²) in [5.41, 5.74) is 2.09. The first-order chi connectivity index (χ1) is 12.8. The normalized spacial score (nSPS) is 16.0. The number of unbranched alkanes of at least 4 members (excludes halogenated alkanes) is 1. The van der Waals surface area contributed by atoms with Crippen LogP contribution in [-0.2, 0) is 14.8 Å². The van der Waals surface area contributed by atoms with Gasteiger partial charge in [0.05, 0.1) is 19.8 Å². The largest absolute Gasteiger partial charge is 0.492 e. The number of aryl methyl sites for hydroxylation is 1. The third-order valence-electron chi connectivity index (χ3n) is 4.82. The van der Waals surface area contributed by atoms with Gasteiger partial charge in [0.15, 0.2) is 0 Å². The predicted molar refractivity (Wildman–Crippen MR) is 108 cm³/mol. The molecule has 1 aliphatic rings. The number of nitrogens with zero attached hydrogens (tertiary/aromatic N) is 1. The summed E-state index contributed by atoms with van der Waals surface area (Å²) in [5.74, 6) is 0.696. The molecule has 1 aliphatic heterocycles. The zero-order valence-corrected chi connectivity index (χ0v) is 17.9. The minimum atomic E-state index is -3.63. The molecule has 1 heterocycles. The van der Waals surface area contributed by atoms with Crippen molar-refractivity contribution in [3.63, 3.8) is 0 Å². The Morgan fingerprint density at radius 2 is 1.96 bits per heavy atom. The summed E-state index contributed by atoms with van der Waals surface area (Å²) < 4.78 is 39.9. The molecule has 154 valence electrons. The summed E-state index contributed by atoms with van der Waals surface area (Å²) in [6.07, 6.45) is 1.90. The van der Waals surface area contributed by atoms with Crippen LogP contribution in [0, 0.1) is 6.92 Å². The molecule has 2 rings (SSSR count). The van der Waals surface area contributed by atoms with E-state index in [2.05, 4.69) is 30.4 Å². The third kappa shape index (κ3) is 6.45. The zero-order chi connectivity index (χ0) is 19.9. The Balaban J connectivity index is 2.16. The van der Waals surface area contributed by atoms with Crippen molar-refractivity contribution in [2.24, 2.45) is 0 Å². The molecule has 0 bridgehead atoms. The van der Waals surface area contributed by atoms with Gasteiger partial charge in [0.2, 0.25) is 10.0 Å². The van der Waals surface area contributed by atoms with E-state index in [1.807, 2.05) is 13.0 Å².